The molecule has 2 aromatic rings. The number of rotatable bonds is 11. The first-order chi connectivity index (χ1) is 16.0. The first kappa shape index (κ1) is 28.0. The second-order valence-electron chi connectivity index (χ2n) is 8.09. The summed E-state index contributed by atoms with van der Waals surface area (Å²) in [5.41, 5.74) is 2.07. The Labute approximate surface area is 212 Å². The van der Waals surface area contributed by atoms with Crippen LogP contribution in [-0.4, -0.2) is 50.5 Å². The van der Waals surface area contributed by atoms with E-state index < -0.39 is 28.5 Å². The molecule has 2 amide bonds. The number of aryl methyl sites for hydroxylation is 1. The van der Waals surface area contributed by atoms with E-state index in [4.69, 9.17) is 23.2 Å². The molecule has 0 aliphatic rings. The molecule has 186 valence electrons. The van der Waals surface area contributed by atoms with E-state index in [0.29, 0.717) is 13.0 Å². The molecule has 0 saturated carbocycles. The van der Waals surface area contributed by atoms with E-state index in [0.717, 1.165) is 28.1 Å². The van der Waals surface area contributed by atoms with Gasteiger partial charge in [-0.15, -0.1) is 0 Å². The Morgan fingerprint density at radius 2 is 1.76 bits per heavy atom. The molecular formula is C24H31Cl2N3O4S. The van der Waals surface area contributed by atoms with Gasteiger partial charge in [0.2, 0.25) is 21.8 Å². The van der Waals surface area contributed by atoms with Crippen LogP contribution in [0, 0.1) is 6.92 Å². The van der Waals surface area contributed by atoms with Crippen molar-refractivity contribution >= 4 is 50.7 Å². The van der Waals surface area contributed by atoms with Crippen LogP contribution in [0.5, 0.6) is 0 Å². The number of nitrogens with one attached hydrogen (secondary N) is 1. The van der Waals surface area contributed by atoms with Crippen molar-refractivity contribution in [2.45, 2.75) is 46.2 Å². The van der Waals surface area contributed by atoms with Crippen LogP contribution in [0.4, 0.5) is 5.69 Å². The Morgan fingerprint density at radius 3 is 2.32 bits per heavy atom. The third-order valence-electron chi connectivity index (χ3n) is 5.24. The number of sulfonamides is 1. The van der Waals surface area contributed by atoms with Gasteiger partial charge in [0.25, 0.3) is 0 Å². The number of hydrogen-bond donors (Lipinski definition) is 1. The zero-order valence-electron chi connectivity index (χ0n) is 19.8. The van der Waals surface area contributed by atoms with Gasteiger partial charge < -0.3 is 10.2 Å². The minimum Gasteiger partial charge on any atom is -0.354 e. The van der Waals surface area contributed by atoms with Crippen LogP contribution in [0.3, 0.4) is 0 Å². The highest BCUT2D eigenvalue weighted by Crippen LogP contribution is 2.28. The fourth-order valence-corrected chi connectivity index (χ4v) is 4.68. The monoisotopic (exact) mass is 527 g/mol. The fourth-order valence-electron chi connectivity index (χ4n) is 3.55. The lowest BCUT2D eigenvalue weighted by atomic mass is 10.1. The van der Waals surface area contributed by atoms with Crippen molar-refractivity contribution in [2.75, 3.05) is 23.7 Å². The molecule has 0 unspecified atom stereocenters. The quantitative estimate of drug-likeness (QED) is 0.469. The van der Waals surface area contributed by atoms with Gasteiger partial charge in [0.15, 0.2) is 0 Å². The average molecular weight is 529 g/mol. The van der Waals surface area contributed by atoms with Crippen LogP contribution in [0.25, 0.3) is 0 Å². The number of benzene rings is 2. The highest BCUT2D eigenvalue weighted by molar-refractivity contribution is 7.92. The summed E-state index contributed by atoms with van der Waals surface area (Å²) in [7, 11) is -3.84. The zero-order chi connectivity index (χ0) is 25.5. The number of nitrogens with zero attached hydrogens (tertiary/aromatic N) is 2. The van der Waals surface area contributed by atoms with Crippen molar-refractivity contribution in [3.8, 4) is 0 Å². The molecule has 0 aliphatic heterocycles. The zero-order valence-corrected chi connectivity index (χ0v) is 22.2. The minimum absolute atomic E-state index is 0.164. The van der Waals surface area contributed by atoms with Gasteiger partial charge in [-0.1, -0.05) is 66.9 Å². The Kier molecular flexibility index (Phi) is 10.2. The van der Waals surface area contributed by atoms with Gasteiger partial charge in [-0.05, 0) is 43.5 Å². The predicted octanol–water partition coefficient (Wildman–Crippen LogP) is 4.40. The normalized spacial score (nSPS) is 12.2. The summed E-state index contributed by atoms with van der Waals surface area (Å²) in [5.74, 6) is -0.776. The Morgan fingerprint density at radius 1 is 1.06 bits per heavy atom. The van der Waals surface area contributed by atoms with Gasteiger partial charge in [-0.2, -0.15) is 0 Å². The maximum atomic E-state index is 13.6. The summed E-state index contributed by atoms with van der Waals surface area (Å²) in [6.07, 6.45) is 2.14. The number of halogens is 2. The molecule has 0 bridgehead atoms. The van der Waals surface area contributed by atoms with Crippen molar-refractivity contribution in [3.63, 3.8) is 0 Å². The van der Waals surface area contributed by atoms with Crippen LogP contribution in [0.1, 0.15) is 37.8 Å². The Balaban J connectivity index is 2.44. The molecule has 7 nitrogen and oxygen atoms in total. The molecule has 0 heterocycles. The summed E-state index contributed by atoms with van der Waals surface area (Å²) in [5, 5.41) is 3.29. The van der Waals surface area contributed by atoms with Crippen molar-refractivity contribution in [1.29, 1.82) is 0 Å². The summed E-state index contributed by atoms with van der Waals surface area (Å²) >= 11 is 12.1. The molecule has 0 radical (unpaired) electrons. The molecule has 0 saturated heterocycles. The number of anilines is 1. The second-order valence-corrected chi connectivity index (χ2v) is 10.8. The first-order valence-electron chi connectivity index (χ1n) is 11.0. The molecule has 2 aromatic carbocycles. The average Bonchev–Trinajstić information content (AvgIpc) is 2.77. The topological polar surface area (TPSA) is 86.8 Å². The van der Waals surface area contributed by atoms with E-state index in [-0.39, 0.29) is 28.2 Å². The van der Waals surface area contributed by atoms with Crippen LogP contribution >= 0.6 is 23.2 Å². The number of hydrogen-bond acceptors (Lipinski definition) is 4. The third kappa shape index (κ3) is 7.61. The van der Waals surface area contributed by atoms with Crippen LogP contribution in [-0.2, 0) is 26.2 Å². The van der Waals surface area contributed by atoms with Crippen molar-refractivity contribution in [1.82, 2.24) is 10.2 Å². The van der Waals surface area contributed by atoms with Crippen LogP contribution < -0.4 is 9.62 Å². The van der Waals surface area contributed by atoms with E-state index >= 15 is 0 Å². The van der Waals surface area contributed by atoms with E-state index in [9.17, 15) is 18.0 Å². The second kappa shape index (κ2) is 12.4. The van der Waals surface area contributed by atoms with E-state index in [1.807, 2.05) is 45.0 Å². The van der Waals surface area contributed by atoms with Gasteiger partial charge in [0, 0.05) is 13.1 Å². The summed E-state index contributed by atoms with van der Waals surface area (Å²) in [6.45, 7) is 5.87. The number of carbonyl (C=O) groups excluding carboxylic acids is 2. The van der Waals surface area contributed by atoms with Crippen molar-refractivity contribution in [3.05, 3.63) is 63.6 Å². The third-order valence-corrected chi connectivity index (χ3v) is 7.12. The standard InChI is InChI=1S/C24H31Cl2N3O4S/c1-5-12-27-24(31)22(6-2)28(15-18-9-7-8-17(3)13-18)23(30)16-29(34(4,32)33)19-10-11-20(25)21(26)14-19/h7-11,13-14,22H,5-6,12,15-16H2,1-4H3,(H,27,31)/t22-/m1/s1. The van der Waals surface area contributed by atoms with Gasteiger partial charge in [-0.25, -0.2) is 8.42 Å². The molecule has 1 atom stereocenters. The largest absolute Gasteiger partial charge is 0.354 e. The molecule has 0 spiro atoms. The van der Waals surface area contributed by atoms with Crippen molar-refractivity contribution in [2.24, 2.45) is 0 Å². The molecule has 10 heteroatoms. The maximum Gasteiger partial charge on any atom is 0.244 e. The SMILES string of the molecule is CCCNC(=O)[C@@H](CC)N(Cc1cccc(C)c1)C(=O)CN(c1ccc(Cl)c(Cl)c1)S(C)(=O)=O. The summed E-state index contributed by atoms with van der Waals surface area (Å²) in [4.78, 5) is 27.9. The van der Waals surface area contributed by atoms with E-state index in [1.54, 1.807) is 0 Å². The van der Waals surface area contributed by atoms with Crippen LogP contribution in [0.2, 0.25) is 10.0 Å². The van der Waals surface area contributed by atoms with E-state index in [1.165, 1.54) is 23.1 Å². The number of amides is 2. The van der Waals surface area contributed by atoms with Crippen LogP contribution in [0.15, 0.2) is 42.5 Å². The molecule has 0 aromatic heterocycles. The minimum atomic E-state index is -3.84. The lowest BCUT2D eigenvalue weighted by Crippen LogP contribution is -2.52. The fraction of sp³-hybridized carbons (Fsp3) is 0.417. The first-order valence-corrected chi connectivity index (χ1v) is 13.6. The molecular weight excluding hydrogens is 497 g/mol. The lowest BCUT2D eigenvalue weighted by Gasteiger charge is -2.33. The predicted molar refractivity (Wildman–Crippen MR) is 138 cm³/mol. The van der Waals surface area contributed by atoms with Crippen molar-refractivity contribution < 1.29 is 18.0 Å². The highest BCUT2D eigenvalue weighted by Gasteiger charge is 2.31. The molecule has 2 rings (SSSR count). The smallest absolute Gasteiger partial charge is 0.244 e. The van der Waals surface area contributed by atoms with Gasteiger partial charge in [-0.3, -0.25) is 13.9 Å². The Hall–Kier alpha value is -2.29. The molecule has 34 heavy (non-hydrogen) atoms. The Bertz CT molecular complexity index is 1120. The van der Waals surface area contributed by atoms with Gasteiger partial charge in [0.05, 0.1) is 22.0 Å². The lowest BCUT2D eigenvalue weighted by molar-refractivity contribution is -0.140. The molecule has 0 fully saturated rings. The molecule has 1 N–H and O–H groups in total. The van der Waals surface area contributed by atoms with Gasteiger partial charge in [0.1, 0.15) is 12.6 Å². The maximum absolute atomic E-state index is 13.6. The number of carbonyl (C=O) groups is 2. The highest BCUT2D eigenvalue weighted by atomic mass is 35.5. The molecule has 0 aliphatic carbocycles. The summed E-state index contributed by atoms with van der Waals surface area (Å²) in [6, 6.07) is 11.2. The summed E-state index contributed by atoms with van der Waals surface area (Å²) < 4.78 is 26.2. The van der Waals surface area contributed by atoms with Gasteiger partial charge >= 0.3 is 0 Å². The van der Waals surface area contributed by atoms with E-state index in [2.05, 4.69) is 5.32 Å².